The molecule has 0 spiro atoms. The maximum atomic E-state index is 12.9. The van der Waals surface area contributed by atoms with E-state index in [-0.39, 0.29) is 18.0 Å². The molecule has 2 N–H and O–H groups in total. The minimum atomic E-state index is -4.62. The van der Waals surface area contributed by atoms with Crippen LogP contribution in [0.15, 0.2) is 35.7 Å². The van der Waals surface area contributed by atoms with Crippen LogP contribution in [0.25, 0.3) is 0 Å². The largest absolute Gasteiger partial charge is 0.416 e. The first-order valence-corrected chi connectivity index (χ1v) is 5.93. The van der Waals surface area contributed by atoms with Crippen LogP contribution in [-0.2, 0) is 6.18 Å². The van der Waals surface area contributed by atoms with Crippen molar-refractivity contribution in [2.45, 2.75) is 12.2 Å². The van der Waals surface area contributed by atoms with Gasteiger partial charge in [-0.25, -0.2) is 4.39 Å². The summed E-state index contributed by atoms with van der Waals surface area (Å²) in [6, 6.07) is 5.00. The Kier molecular flexibility index (Phi) is 4.95. The highest BCUT2D eigenvalue weighted by atomic mass is 35.5. The number of rotatable bonds is 2. The van der Waals surface area contributed by atoms with Gasteiger partial charge in [-0.1, -0.05) is 12.1 Å². The predicted octanol–water partition coefficient (Wildman–Crippen LogP) is 4.38. The van der Waals surface area contributed by atoms with Crippen LogP contribution >= 0.6 is 23.7 Å². The van der Waals surface area contributed by atoms with Gasteiger partial charge >= 0.3 is 6.18 Å². The number of thiophene rings is 1. The summed E-state index contributed by atoms with van der Waals surface area (Å²) in [6.07, 6.45) is -4.62. The van der Waals surface area contributed by atoms with Crippen molar-refractivity contribution in [3.63, 3.8) is 0 Å². The van der Waals surface area contributed by atoms with E-state index in [1.807, 2.05) is 0 Å². The lowest BCUT2D eigenvalue weighted by atomic mass is 9.99. The van der Waals surface area contributed by atoms with Gasteiger partial charge in [-0.2, -0.15) is 13.2 Å². The molecule has 104 valence electrons. The molecule has 0 radical (unpaired) electrons. The van der Waals surface area contributed by atoms with Gasteiger partial charge in [0.05, 0.1) is 11.6 Å². The van der Waals surface area contributed by atoms with Crippen LogP contribution in [0.1, 0.15) is 22.0 Å². The van der Waals surface area contributed by atoms with Gasteiger partial charge in [-0.05, 0) is 29.1 Å². The van der Waals surface area contributed by atoms with Crippen LogP contribution in [-0.4, -0.2) is 0 Å². The second-order valence-corrected chi connectivity index (χ2v) is 4.70. The van der Waals surface area contributed by atoms with E-state index in [2.05, 4.69) is 0 Å². The summed E-state index contributed by atoms with van der Waals surface area (Å²) in [6.45, 7) is 0. The van der Waals surface area contributed by atoms with Gasteiger partial charge in [-0.15, -0.1) is 23.7 Å². The number of hydrogen-bond donors (Lipinski definition) is 1. The summed E-state index contributed by atoms with van der Waals surface area (Å²) in [5, 5.41) is 1.73. The summed E-state index contributed by atoms with van der Waals surface area (Å²) in [5.74, 6) is -0.926. The molecular formula is C12H10ClF4NS. The molecule has 0 unspecified atom stereocenters. The highest BCUT2D eigenvalue weighted by Gasteiger charge is 2.35. The van der Waals surface area contributed by atoms with Gasteiger partial charge in [0.25, 0.3) is 0 Å². The fourth-order valence-electron chi connectivity index (χ4n) is 1.67. The van der Waals surface area contributed by atoms with E-state index in [0.29, 0.717) is 10.9 Å². The second-order valence-electron chi connectivity index (χ2n) is 3.72. The average molecular weight is 312 g/mol. The highest BCUT2D eigenvalue weighted by molar-refractivity contribution is 7.10. The molecule has 0 saturated carbocycles. The lowest BCUT2D eigenvalue weighted by molar-refractivity contribution is -0.138. The molecule has 2 rings (SSSR count). The van der Waals surface area contributed by atoms with Crippen molar-refractivity contribution in [3.05, 3.63) is 57.5 Å². The maximum absolute atomic E-state index is 12.9. The zero-order valence-electron chi connectivity index (χ0n) is 9.45. The molecule has 0 fully saturated rings. The summed E-state index contributed by atoms with van der Waals surface area (Å²) >= 11 is 1.26. The van der Waals surface area contributed by atoms with E-state index in [1.165, 1.54) is 11.3 Å². The molecule has 0 aliphatic heterocycles. The smallest absolute Gasteiger partial charge is 0.320 e. The quantitative estimate of drug-likeness (QED) is 0.819. The Morgan fingerprint density at radius 1 is 1.16 bits per heavy atom. The van der Waals surface area contributed by atoms with E-state index in [1.54, 1.807) is 17.5 Å². The van der Waals surface area contributed by atoms with E-state index in [9.17, 15) is 17.6 Å². The van der Waals surface area contributed by atoms with Crippen LogP contribution < -0.4 is 5.73 Å². The van der Waals surface area contributed by atoms with Crippen molar-refractivity contribution >= 4 is 23.7 Å². The van der Waals surface area contributed by atoms with E-state index in [0.717, 1.165) is 12.1 Å². The van der Waals surface area contributed by atoms with Crippen molar-refractivity contribution in [2.24, 2.45) is 5.73 Å². The normalized spacial score (nSPS) is 12.9. The minimum absolute atomic E-state index is 0. The number of benzene rings is 1. The van der Waals surface area contributed by atoms with Crippen LogP contribution in [0.3, 0.4) is 0 Å². The molecular weight excluding hydrogens is 302 g/mol. The third-order valence-corrected chi connectivity index (χ3v) is 3.46. The van der Waals surface area contributed by atoms with Gasteiger partial charge in [0.1, 0.15) is 5.82 Å². The lowest BCUT2D eigenvalue weighted by Crippen LogP contribution is -2.18. The molecule has 19 heavy (non-hydrogen) atoms. The SMILES string of the molecule is Cl.N[C@@H](c1cccs1)c1ccc(F)cc1C(F)(F)F. The van der Waals surface area contributed by atoms with Crippen LogP contribution in [0.2, 0.25) is 0 Å². The average Bonchev–Trinajstić information content (AvgIpc) is 2.80. The molecule has 1 heterocycles. The molecule has 0 amide bonds. The van der Waals surface area contributed by atoms with Gasteiger partial charge < -0.3 is 5.73 Å². The first kappa shape index (κ1) is 15.9. The van der Waals surface area contributed by atoms with Crippen molar-refractivity contribution in [1.29, 1.82) is 0 Å². The topological polar surface area (TPSA) is 26.0 Å². The fourth-order valence-corrected chi connectivity index (χ4v) is 2.41. The van der Waals surface area contributed by atoms with Gasteiger partial charge in [0.15, 0.2) is 0 Å². The van der Waals surface area contributed by atoms with Crippen LogP contribution in [0.4, 0.5) is 17.6 Å². The molecule has 2 aromatic rings. The summed E-state index contributed by atoms with van der Waals surface area (Å²) in [5.41, 5.74) is 4.65. The van der Waals surface area contributed by atoms with Crippen molar-refractivity contribution < 1.29 is 17.6 Å². The molecule has 0 aliphatic rings. The van der Waals surface area contributed by atoms with Gasteiger partial charge in [0.2, 0.25) is 0 Å². The molecule has 1 aromatic heterocycles. The summed E-state index contributed by atoms with van der Waals surface area (Å²) in [7, 11) is 0. The molecule has 0 bridgehead atoms. The van der Waals surface area contributed by atoms with Crippen molar-refractivity contribution in [1.82, 2.24) is 0 Å². The molecule has 7 heteroatoms. The number of nitrogens with two attached hydrogens (primary N) is 1. The second kappa shape index (κ2) is 5.90. The Bertz CT molecular complexity index is 539. The third kappa shape index (κ3) is 3.46. The predicted molar refractivity (Wildman–Crippen MR) is 69.0 cm³/mol. The Balaban J connectivity index is 0.00000180. The number of alkyl halides is 3. The van der Waals surface area contributed by atoms with Gasteiger partial charge in [0, 0.05) is 4.88 Å². The minimum Gasteiger partial charge on any atom is -0.320 e. The Morgan fingerprint density at radius 3 is 2.37 bits per heavy atom. The summed E-state index contributed by atoms with van der Waals surface area (Å²) in [4.78, 5) is 0.604. The zero-order valence-corrected chi connectivity index (χ0v) is 11.1. The first-order chi connectivity index (χ1) is 8.39. The zero-order chi connectivity index (χ0) is 13.3. The molecule has 1 atom stereocenters. The van der Waals surface area contributed by atoms with E-state index >= 15 is 0 Å². The molecule has 0 aliphatic carbocycles. The lowest BCUT2D eigenvalue weighted by Gasteiger charge is -2.17. The Labute approximate surface area is 117 Å². The van der Waals surface area contributed by atoms with Gasteiger partial charge in [-0.3, -0.25) is 0 Å². The fraction of sp³-hybridized carbons (Fsp3) is 0.167. The first-order valence-electron chi connectivity index (χ1n) is 5.05. The molecule has 0 saturated heterocycles. The number of halogens is 5. The maximum Gasteiger partial charge on any atom is 0.416 e. The molecule has 1 aromatic carbocycles. The van der Waals surface area contributed by atoms with Crippen molar-refractivity contribution in [3.8, 4) is 0 Å². The third-order valence-electron chi connectivity index (χ3n) is 2.51. The van der Waals surface area contributed by atoms with Crippen LogP contribution in [0.5, 0.6) is 0 Å². The van der Waals surface area contributed by atoms with E-state index < -0.39 is 23.6 Å². The number of hydrogen-bond acceptors (Lipinski definition) is 2. The van der Waals surface area contributed by atoms with E-state index in [4.69, 9.17) is 5.73 Å². The monoisotopic (exact) mass is 311 g/mol. The van der Waals surface area contributed by atoms with Crippen molar-refractivity contribution in [2.75, 3.05) is 0 Å². The standard InChI is InChI=1S/C12H9F4NS.ClH/c13-7-3-4-8(9(6-7)12(14,15)16)11(17)10-2-1-5-18-10;/h1-6,11H,17H2;1H/t11-;/m1./s1. The highest BCUT2D eigenvalue weighted by Crippen LogP contribution is 2.36. The Hall–Kier alpha value is -1.11. The summed E-state index contributed by atoms with van der Waals surface area (Å²) < 4.78 is 51.4. The Morgan fingerprint density at radius 2 is 1.84 bits per heavy atom. The molecule has 1 nitrogen and oxygen atoms in total. The van der Waals surface area contributed by atoms with Crippen LogP contribution in [0, 0.1) is 5.82 Å².